The number of carboxylic acids is 1. The SMILES string of the molecule is CN(C)CCNc1ccc(C(=O)Nc2sc(Nc3ccnc(F)c3)nc2C(=O)O)cc1. The van der Waals surface area contributed by atoms with E-state index in [0.29, 0.717) is 11.3 Å². The van der Waals surface area contributed by atoms with Gasteiger partial charge in [-0.1, -0.05) is 11.3 Å². The van der Waals surface area contributed by atoms with Crippen molar-refractivity contribution in [3.8, 4) is 0 Å². The van der Waals surface area contributed by atoms with Crippen LogP contribution < -0.4 is 16.0 Å². The lowest BCUT2D eigenvalue weighted by Gasteiger charge is -2.11. The summed E-state index contributed by atoms with van der Waals surface area (Å²) in [4.78, 5) is 33.6. The van der Waals surface area contributed by atoms with Crippen LogP contribution in [0.3, 0.4) is 0 Å². The third-order valence-corrected chi connectivity index (χ3v) is 4.96. The maximum atomic E-state index is 13.2. The van der Waals surface area contributed by atoms with Gasteiger partial charge in [-0.25, -0.2) is 14.8 Å². The number of pyridine rings is 1. The zero-order valence-corrected chi connectivity index (χ0v) is 17.7. The average Bonchev–Trinajstić information content (AvgIpc) is 3.10. The first kappa shape index (κ1) is 22.1. The number of nitrogens with one attached hydrogen (secondary N) is 3. The molecule has 2 heterocycles. The lowest BCUT2D eigenvalue weighted by molar-refractivity contribution is 0.0692. The van der Waals surface area contributed by atoms with Gasteiger partial charge in [0.25, 0.3) is 5.91 Å². The number of halogens is 1. The maximum Gasteiger partial charge on any atom is 0.357 e. The Morgan fingerprint density at radius 2 is 1.90 bits per heavy atom. The number of hydrogen-bond acceptors (Lipinski definition) is 8. The van der Waals surface area contributed by atoms with Gasteiger partial charge >= 0.3 is 5.97 Å². The molecule has 0 atom stereocenters. The molecule has 0 aliphatic carbocycles. The number of rotatable bonds is 9. The second-order valence-corrected chi connectivity index (χ2v) is 7.75. The highest BCUT2D eigenvalue weighted by Crippen LogP contribution is 2.31. The fourth-order valence-corrected chi connectivity index (χ4v) is 3.42. The Labute approximate surface area is 182 Å². The zero-order chi connectivity index (χ0) is 22.4. The third kappa shape index (κ3) is 6.20. The molecule has 3 aromatic rings. The minimum Gasteiger partial charge on any atom is -0.476 e. The van der Waals surface area contributed by atoms with E-state index < -0.39 is 17.8 Å². The summed E-state index contributed by atoms with van der Waals surface area (Å²) in [5, 5.41) is 18.3. The predicted molar refractivity (Wildman–Crippen MR) is 118 cm³/mol. The van der Waals surface area contributed by atoms with Crippen molar-refractivity contribution < 1.29 is 19.1 Å². The average molecular weight is 444 g/mol. The van der Waals surface area contributed by atoms with Crippen molar-refractivity contribution in [3.05, 3.63) is 59.8 Å². The van der Waals surface area contributed by atoms with Crippen molar-refractivity contribution in [2.24, 2.45) is 0 Å². The van der Waals surface area contributed by atoms with Crippen LogP contribution in [0.5, 0.6) is 0 Å². The molecule has 0 radical (unpaired) electrons. The molecule has 0 aliphatic rings. The number of carboxylic acid groups (broad SMARTS) is 1. The van der Waals surface area contributed by atoms with E-state index in [9.17, 15) is 19.1 Å². The minimum atomic E-state index is -1.29. The number of nitrogens with zero attached hydrogens (tertiary/aromatic N) is 3. The van der Waals surface area contributed by atoms with Crippen LogP contribution in [-0.4, -0.2) is 59.0 Å². The lowest BCUT2D eigenvalue weighted by Crippen LogP contribution is -2.20. The van der Waals surface area contributed by atoms with Crippen LogP contribution in [-0.2, 0) is 0 Å². The van der Waals surface area contributed by atoms with Crippen LogP contribution in [0.15, 0.2) is 42.6 Å². The fraction of sp³-hybridized carbons (Fsp3) is 0.200. The van der Waals surface area contributed by atoms with Crippen molar-refractivity contribution in [1.82, 2.24) is 14.9 Å². The van der Waals surface area contributed by atoms with Crippen LogP contribution >= 0.6 is 11.3 Å². The number of likely N-dealkylation sites (N-methyl/N-ethyl adjacent to an activating group) is 1. The largest absolute Gasteiger partial charge is 0.476 e. The third-order valence-electron chi connectivity index (χ3n) is 4.07. The predicted octanol–water partition coefficient (Wildman–Crippen LogP) is 3.34. The first-order valence-corrected chi connectivity index (χ1v) is 10.1. The van der Waals surface area contributed by atoms with Gasteiger partial charge in [-0.15, -0.1) is 0 Å². The molecule has 0 bridgehead atoms. The summed E-state index contributed by atoms with van der Waals surface area (Å²) >= 11 is 0.934. The second-order valence-electron chi connectivity index (χ2n) is 6.76. The number of aromatic carboxylic acids is 1. The van der Waals surface area contributed by atoms with E-state index in [1.165, 1.54) is 12.3 Å². The Morgan fingerprint density at radius 1 is 1.16 bits per heavy atom. The highest BCUT2D eigenvalue weighted by atomic mass is 32.1. The van der Waals surface area contributed by atoms with Crippen LogP contribution in [0.1, 0.15) is 20.8 Å². The van der Waals surface area contributed by atoms with Gasteiger partial charge < -0.3 is 26.0 Å². The second kappa shape index (κ2) is 9.96. The summed E-state index contributed by atoms with van der Waals surface area (Å²) in [5.41, 5.74) is 1.29. The van der Waals surface area contributed by atoms with Gasteiger partial charge in [0.15, 0.2) is 10.8 Å². The van der Waals surface area contributed by atoms with Crippen LogP contribution in [0.2, 0.25) is 0 Å². The number of anilines is 4. The molecule has 2 aromatic heterocycles. The number of hydrogen-bond donors (Lipinski definition) is 4. The van der Waals surface area contributed by atoms with Crippen molar-refractivity contribution in [2.45, 2.75) is 0 Å². The van der Waals surface area contributed by atoms with Crippen LogP contribution in [0, 0.1) is 5.95 Å². The highest BCUT2D eigenvalue weighted by Gasteiger charge is 2.20. The molecule has 0 fully saturated rings. The summed E-state index contributed by atoms with van der Waals surface area (Å²) in [7, 11) is 3.96. The Balaban J connectivity index is 1.70. The zero-order valence-electron chi connectivity index (χ0n) is 16.8. The van der Waals surface area contributed by atoms with Crippen LogP contribution in [0.4, 0.5) is 25.9 Å². The van der Waals surface area contributed by atoms with Crippen molar-refractivity contribution in [2.75, 3.05) is 43.1 Å². The van der Waals surface area contributed by atoms with E-state index in [1.54, 1.807) is 24.3 Å². The summed E-state index contributed by atoms with van der Waals surface area (Å²) in [6, 6.07) is 9.51. The molecule has 0 saturated heterocycles. The molecule has 0 unspecified atom stereocenters. The van der Waals surface area contributed by atoms with Crippen molar-refractivity contribution in [3.63, 3.8) is 0 Å². The molecule has 0 aliphatic heterocycles. The van der Waals surface area contributed by atoms with Crippen LogP contribution in [0.25, 0.3) is 0 Å². The molecular formula is C20H21FN6O3S. The van der Waals surface area contributed by atoms with Crippen molar-refractivity contribution in [1.29, 1.82) is 0 Å². The maximum absolute atomic E-state index is 13.2. The summed E-state index contributed by atoms with van der Waals surface area (Å²) < 4.78 is 13.2. The normalized spacial score (nSPS) is 10.7. The molecule has 162 valence electrons. The molecule has 1 aromatic carbocycles. The van der Waals surface area contributed by atoms with Gasteiger partial charge in [-0.05, 0) is 44.4 Å². The number of thiazole rings is 1. The number of amides is 1. The molecular weight excluding hydrogens is 423 g/mol. The van der Waals surface area contributed by atoms with Gasteiger partial charge in [0.05, 0.1) is 0 Å². The fourth-order valence-electron chi connectivity index (χ4n) is 2.55. The Bertz CT molecular complexity index is 1070. The molecule has 1 amide bonds. The molecule has 31 heavy (non-hydrogen) atoms. The molecule has 3 rings (SSSR count). The number of aromatic nitrogens is 2. The monoisotopic (exact) mass is 444 g/mol. The standard InChI is InChI=1S/C20H21FN6O3S/c1-27(2)10-9-22-13-5-3-12(4-6-13)17(28)26-18-16(19(29)30)25-20(31-18)24-14-7-8-23-15(21)11-14/h3-8,11,22H,9-10H2,1-2H3,(H,26,28)(H,29,30)(H,23,24,25). The van der Waals surface area contributed by atoms with Gasteiger partial charge in [0.1, 0.15) is 5.00 Å². The number of carbonyl (C=O) groups excluding carboxylic acids is 1. The molecule has 11 heteroatoms. The number of carbonyl (C=O) groups is 2. The van der Waals surface area contributed by atoms with E-state index >= 15 is 0 Å². The van der Waals surface area contributed by atoms with Gasteiger partial charge in [0.2, 0.25) is 5.95 Å². The molecule has 0 saturated carbocycles. The van der Waals surface area contributed by atoms with E-state index in [1.807, 2.05) is 14.1 Å². The van der Waals surface area contributed by atoms with Gasteiger partial charge in [-0.2, -0.15) is 4.39 Å². The van der Waals surface area contributed by atoms with E-state index in [-0.39, 0.29) is 15.8 Å². The molecule has 0 spiro atoms. The lowest BCUT2D eigenvalue weighted by atomic mass is 10.2. The smallest absolute Gasteiger partial charge is 0.357 e. The summed E-state index contributed by atoms with van der Waals surface area (Å²) in [6.07, 6.45) is 1.27. The van der Waals surface area contributed by atoms with E-state index in [2.05, 4.69) is 30.8 Å². The number of benzene rings is 1. The molecule has 9 nitrogen and oxygen atoms in total. The first-order chi connectivity index (χ1) is 14.8. The van der Waals surface area contributed by atoms with Crippen molar-refractivity contribution >= 4 is 44.7 Å². The Kier molecular flexibility index (Phi) is 7.11. The molecule has 4 N–H and O–H groups in total. The summed E-state index contributed by atoms with van der Waals surface area (Å²) in [6.45, 7) is 1.63. The van der Waals surface area contributed by atoms with Gasteiger partial charge in [-0.3, -0.25) is 4.79 Å². The summed E-state index contributed by atoms with van der Waals surface area (Å²) in [5.74, 6) is -2.44. The minimum absolute atomic E-state index is 0.0720. The quantitative estimate of drug-likeness (QED) is 0.371. The Hall–Kier alpha value is -3.57. The van der Waals surface area contributed by atoms with E-state index in [0.717, 1.165) is 36.2 Å². The Morgan fingerprint density at radius 3 is 2.55 bits per heavy atom. The first-order valence-electron chi connectivity index (χ1n) is 9.24. The highest BCUT2D eigenvalue weighted by molar-refractivity contribution is 7.20. The topological polar surface area (TPSA) is 119 Å². The van der Waals surface area contributed by atoms with E-state index in [4.69, 9.17) is 0 Å². The van der Waals surface area contributed by atoms with Gasteiger partial charge in [0, 0.05) is 42.3 Å².